The molecule has 0 aromatic rings. The number of amides is 1. The molecule has 1 amide bonds. The fraction of sp³-hybridized carbons (Fsp3) is 0.788. The predicted molar refractivity (Wildman–Crippen MR) is 328 cm³/mol. The zero-order valence-electron chi connectivity index (χ0n) is 50.5. The van der Waals surface area contributed by atoms with Gasteiger partial charge in [0.25, 0.3) is 0 Å². The van der Waals surface area contributed by atoms with Crippen molar-refractivity contribution < 1.29 is 37.3 Å². The van der Waals surface area contributed by atoms with E-state index in [1.807, 2.05) is 33.3 Å². The van der Waals surface area contributed by atoms with Gasteiger partial charge in [-0.3, -0.25) is 18.6 Å². The van der Waals surface area contributed by atoms with Crippen molar-refractivity contribution in [2.45, 2.75) is 296 Å². The lowest BCUT2D eigenvalue weighted by molar-refractivity contribution is -0.870. The van der Waals surface area contributed by atoms with Crippen LogP contribution in [0.5, 0.6) is 0 Å². The number of unbranched alkanes of at least 4 members (excludes halogenated alkanes) is 31. The number of quaternary nitrogens is 1. The minimum Gasteiger partial charge on any atom is -0.456 e. The van der Waals surface area contributed by atoms with Gasteiger partial charge in [0.2, 0.25) is 5.91 Å². The molecule has 3 atom stereocenters. The second-order valence-electron chi connectivity index (χ2n) is 22.6. The van der Waals surface area contributed by atoms with Crippen molar-refractivity contribution in [1.29, 1.82) is 0 Å². The quantitative estimate of drug-likeness (QED) is 0.0205. The highest BCUT2D eigenvalue weighted by molar-refractivity contribution is 7.47. The van der Waals surface area contributed by atoms with Crippen molar-refractivity contribution >= 4 is 19.7 Å². The van der Waals surface area contributed by atoms with Gasteiger partial charge in [0, 0.05) is 12.8 Å². The molecule has 0 fully saturated rings. The molecule has 0 bridgehead atoms. The number of esters is 1. The van der Waals surface area contributed by atoms with E-state index in [4.69, 9.17) is 13.8 Å². The van der Waals surface area contributed by atoms with Crippen LogP contribution in [0.4, 0.5) is 0 Å². The average molecular weight is 1090 g/mol. The second kappa shape index (κ2) is 55.8. The van der Waals surface area contributed by atoms with Crippen LogP contribution in [0.2, 0.25) is 0 Å². The van der Waals surface area contributed by atoms with E-state index < -0.39 is 20.0 Å². The summed E-state index contributed by atoms with van der Waals surface area (Å²) in [5.74, 6) is -0.520. The largest absolute Gasteiger partial charge is 0.472 e. The summed E-state index contributed by atoms with van der Waals surface area (Å²) >= 11 is 0. The average Bonchev–Trinajstić information content (AvgIpc) is 3.38. The van der Waals surface area contributed by atoms with Crippen LogP contribution in [0.1, 0.15) is 284 Å². The van der Waals surface area contributed by atoms with Gasteiger partial charge >= 0.3 is 13.8 Å². The molecule has 0 spiro atoms. The zero-order valence-corrected chi connectivity index (χ0v) is 51.4. The summed E-state index contributed by atoms with van der Waals surface area (Å²) in [5, 5.41) is 3.06. The number of rotatable bonds is 57. The summed E-state index contributed by atoms with van der Waals surface area (Å²) in [6.07, 6.45) is 71.8. The van der Waals surface area contributed by atoms with Gasteiger partial charge in [-0.1, -0.05) is 267 Å². The lowest BCUT2D eigenvalue weighted by atomic mass is 10.0. The summed E-state index contributed by atoms with van der Waals surface area (Å²) in [5.41, 5.74) is 0. The van der Waals surface area contributed by atoms with Crippen LogP contribution in [0.3, 0.4) is 0 Å². The van der Waals surface area contributed by atoms with E-state index in [9.17, 15) is 19.0 Å². The van der Waals surface area contributed by atoms with E-state index in [0.717, 1.165) is 103 Å². The maximum Gasteiger partial charge on any atom is 0.472 e. The topological polar surface area (TPSA) is 111 Å². The molecular weight excluding hydrogens is 964 g/mol. The molecule has 0 rings (SSSR count). The lowest BCUT2D eigenvalue weighted by Crippen LogP contribution is -2.47. The van der Waals surface area contributed by atoms with Gasteiger partial charge in [-0.15, -0.1) is 0 Å². The molecule has 0 radical (unpaired) electrons. The molecule has 0 heterocycles. The molecule has 0 saturated carbocycles. The Hall–Kier alpha value is -2.55. The SMILES string of the molecule is CC/C=C\C/C=C\C/C=C\C/C=C\C/C=C\CCCCCCCC(=O)OC(/C=C/CCCCCCCCCCCC)C(COP(=O)(O)OCC[N+](C)(C)C)NC(=O)CCCCCCCCCCCCCCCCCCC. The number of likely N-dealkylation sites (N-methyl/N-ethyl adjacent to an activating group) is 1. The lowest BCUT2D eigenvalue weighted by Gasteiger charge is -2.27. The number of carbonyl (C=O) groups is 2. The Morgan fingerprint density at radius 1 is 0.474 bits per heavy atom. The number of ether oxygens (including phenoxy) is 1. The summed E-state index contributed by atoms with van der Waals surface area (Å²) in [6, 6.07) is -0.857. The van der Waals surface area contributed by atoms with E-state index >= 15 is 0 Å². The molecular formula is C66H122N2O7P+. The van der Waals surface area contributed by atoms with Crippen LogP contribution in [0.15, 0.2) is 72.9 Å². The van der Waals surface area contributed by atoms with Crippen molar-refractivity contribution in [3.63, 3.8) is 0 Å². The monoisotopic (exact) mass is 1090 g/mol. The Bertz CT molecular complexity index is 1530. The minimum atomic E-state index is -4.45. The molecule has 0 aliphatic heterocycles. The number of allylic oxidation sites excluding steroid dienone is 11. The van der Waals surface area contributed by atoms with E-state index in [2.05, 4.69) is 86.8 Å². The maximum absolute atomic E-state index is 13.6. The minimum absolute atomic E-state index is 0.0359. The Balaban J connectivity index is 5.26. The van der Waals surface area contributed by atoms with Crippen LogP contribution in [-0.4, -0.2) is 74.3 Å². The van der Waals surface area contributed by atoms with Crippen molar-refractivity contribution in [1.82, 2.24) is 5.32 Å². The Labute approximate surface area is 470 Å². The highest BCUT2D eigenvalue weighted by Gasteiger charge is 2.30. The highest BCUT2D eigenvalue weighted by atomic mass is 31.2. The van der Waals surface area contributed by atoms with Crippen LogP contribution >= 0.6 is 7.82 Å². The number of nitrogens with one attached hydrogen (secondary N) is 1. The molecule has 2 N–H and O–H groups in total. The van der Waals surface area contributed by atoms with E-state index in [1.54, 1.807) is 0 Å². The van der Waals surface area contributed by atoms with Gasteiger partial charge in [-0.05, 0) is 76.7 Å². The van der Waals surface area contributed by atoms with Gasteiger partial charge in [0.05, 0.1) is 33.8 Å². The molecule has 0 aliphatic carbocycles. The number of nitrogens with zero attached hydrogens (tertiary/aromatic N) is 1. The van der Waals surface area contributed by atoms with Gasteiger partial charge in [0.15, 0.2) is 0 Å². The molecule has 10 heteroatoms. The van der Waals surface area contributed by atoms with Crippen LogP contribution in [-0.2, 0) is 27.9 Å². The summed E-state index contributed by atoms with van der Waals surface area (Å²) in [6.45, 7) is 6.91. The third-order valence-corrected chi connectivity index (χ3v) is 14.9. The van der Waals surface area contributed by atoms with Crippen molar-refractivity contribution in [2.75, 3.05) is 40.9 Å². The maximum atomic E-state index is 13.6. The third-order valence-electron chi connectivity index (χ3n) is 13.9. The Morgan fingerprint density at radius 3 is 1.26 bits per heavy atom. The molecule has 0 aromatic heterocycles. The van der Waals surface area contributed by atoms with Gasteiger partial charge < -0.3 is 19.4 Å². The molecule has 9 nitrogen and oxygen atoms in total. The number of phosphoric acid groups is 1. The fourth-order valence-corrected chi connectivity index (χ4v) is 9.76. The van der Waals surface area contributed by atoms with Crippen LogP contribution in [0.25, 0.3) is 0 Å². The fourth-order valence-electron chi connectivity index (χ4n) is 9.03. The molecule has 0 aromatic carbocycles. The smallest absolute Gasteiger partial charge is 0.456 e. The van der Waals surface area contributed by atoms with Crippen LogP contribution in [0, 0.1) is 0 Å². The van der Waals surface area contributed by atoms with Crippen LogP contribution < -0.4 is 5.32 Å². The number of hydrogen-bond donors (Lipinski definition) is 2. The first-order chi connectivity index (χ1) is 36.9. The second-order valence-corrected chi connectivity index (χ2v) is 24.0. The Morgan fingerprint density at radius 2 is 0.842 bits per heavy atom. The van der Waals surface area contributed by atoms with E-state index in [-0.39, 0.29) is 31.5 Å². The summed E-state index contributed by atoms with van der Waals surface area (Å²) in [7, 11) is 1.49. The van der Waals surface area contributed by atoms with Crippen molar-refractivity contribution in [3.8, 4) is 0 Å². The molecule has 3 unspecified atom stereocenters. The van der Waals surface area contributed by atoms with Gasteiger partial charge in [0.1, 0.15) is 19.3 Å². The number of phosphoric ester groups is 1. The van der Waals surface area contributed by atoms with E-state index in [0.29, 0.717) is 23.9 Å². The first-order valence-corrected chi connectivity index (χ1v) is 33.3. The van der Waals surface area contributed by atoms with Gasteiger partial charge in [-0.2, -0.15) is 0 Å². The summed E-state index contributed by atoms with van der Waals surface area (Å²) < 4.78 is 30.7. The number of hydrogen-bond acceptors (Lipinski definition) is 6. The normalized spacial score (nSPS) is 14.1. The zero-order chi connectivity index (χ0) is 55.7. The standard InChI is InChI=1S/C66H121N2O7P/c1-7-10-13-16-19-22-25-28-30-32-33-34-35-37-39-41-44-47-50-53-56-59-66(70)75-64(57-54-51-48-45-42-27-24-21-18-15-12-9-3)63(62-74-76(71,72)73-61-60-68(4,5)6)67-65(69)58-55-52-49-46-43-40-38-36-31-29-26-23-20-17-14-11-8-2/h10,13,19,22,28,30,33-34,37,39,54,57,63-64H,7-9,11-12,14-18,20-21,23-27,29,31-32,35-36,38,40-53,55-56,58-62H2,1-6H3,(H-,67,69,71,72)/p+1/b13-10-,22-19-,30-28-,34-33-,39-37-,57-54+. The molecule has 0 saturated heterocycles. The molecule has 76 heavy (non-hydrogen) atoms. The highest BCUT2D eigenvalue weighted by Crippen LogP contribution is 2.43. The third kappa shape index (κ3) is 56.2. The first-order valence-electron chi connectivity index (χ1n) is 31.8. The van der Waals surface area contributed by atoms with E-state index in [1.165, 1.54) is 141 Å². The Kier molecular flexibility index (Phi) is 53.9. The van der Waals surface area contributed by atoms with Crippen molar-refractivity contribution in [2.24, 2.45) is 0 Å². The molecule has 442 valence electrons. The van der Waals surface area contributed by atoms with Gasteiger partial charge in [-0.25, -0.2) is 4.57 Å². The molecule has 0 aliphatic rings. The first kappa shape index (κ1) is 73.5. The van der Waals surface area contributed by atoms with Crippen molar-refractivity contribution in [3.05, 3.63) is 72.9 Å². The predicted octanol–water partition coefficient (Wildman–Crippen LogP) is 19.6. The summed E-state index contributed by atoms with van der Waals surface area (Å²) in [4.78, 5) is 37.7. The number of carbonyl (C=O) groups excluding carboxylic acids is 2.